The van der Waals surface area contributed by atoms with E-state index in [0.717, 1.165) is 6.42 Å². The third kappa shape index (κ3) is 2.31. The van der Waals surface area contributed by atoms with E-state index in [4.69, 9.17) is 4.74 Å². The molecule has 92 valence electrons. The number of ether oxygens (including phenoxy) is 1. The molecule has 0 aromatic heterocycles. The first-order valence-corrected chi connectivity index (χ1v) is 5.74. The van der Waals surface area contributed by atoms with E-state index < -0.39 is 5.82 Å². The molecule has 1 aromatic carbocycles. The van der Waals surface area contributed by atoms with Crippen LogP contribution in [0.4, 0.5) is 4.39 Å². The van der Waals surface area contributed by atoms with E-state index in [1.165, 1.54) is 12.1 Å². The molecule has 1 aliphatic rings. The van der Waals surface area contributed by atoms with Crippen molar-refractivity contribution in [2.45, 2.75) is 25.5 Å². The zero-order valence-corrected chi connectivity index (χ0v) is 10.0. The Morgan fingerprint density at radius 1 is 1.47 bits per heavy atom. The molecule has 1 heterocycles. The van der Waals surface area contributed by atoms with Gasteiger partial charge in [-0.2, -0.15) is 0 Å². The van der Waals surface area contributed by atoms with Gasteiger partial charge in [0.05, 0.1) is 17.7 Å². The minimum absolute atomic E-state index is 0.00993. The summed E-state index contributed by atoms with van der Waals surface area (Å²) in [7, 11) is 1.70. The fourth-order valence-electron chi connectivity index (χ4n) is 2.20. The Morgan fingerprint density at radius 2 is 2.18 bits per heavy atom. The topological polar surface area (TPSA) is 29.5 Å². The number of hydrogen-bond acceptors (Lipinski definition) is 2. The second kappa shape index (κ2) is 4.84. The van der Waals surface area contributed by atoms with Crippen molar-refractivity contribution in [1.29, 1.82) is 0 Å². The second-order valence-electron chi connectivity index (χ2n) is 4.33. The molecule has 0 N–H and O–H groups in total. The van der Waals surface area contributed by atoms with Gasteiger partial charge in [-0.1, -0.05) is 12.1 Å². The summed E-state index contributed by atoms with van der Waals surface area (Å²) >= 11 is 0. The number of likely N-dealkylation sites (N-methyl/N-ethyl adjacent to an activating group) is 1. The van der Waals surface area contributed by atoms with Crippen LogP contribution in [0.1, 0.15) is 23.7 Å². The molecule has 2 rings (SSSR count). The Bertz CT molecular complexity index is 422. The summed E-state index contributed by atoms with van der Waals surface area (Å²) in [6.45, 7) is 2.59. The number of halogens is 1. The molecule has 0 spiro atoms. The highest BCUT2D eigenvalue weighted by molar-refractivity contribution is 5.94. The summed E-state index contributed by atoms with van der Waals surface area (Å²) in [6, 6.07) is 6.08. The first-order chi connectivity index (χ1) is 8.11. The highest BCUT2D eigenvalue weighted by Gasteiger charge is 2.31. The maximum atomic E-state index is 13.5. The van der Waals surface area contributed by atoms with Crippen molar-refractivity contribution < 1.29 is 13.9 Å². The van der Waals surface area contributed by atoms with Crippen molar-refractivity contribution in [3.63, 3.8) is 0 Å². The van der Waals surface area contributed by atoms with Crippen LogP contribution in [0.2, 0.25) is 0 Å². The average molecular weight is 237 g/mol. The Labute approximate surface area is 100 Å². The van der Waals surface area contributed by atoms with Gasteiger partial charge >= 0.3 is 0 Å². The molecule has 4 heteroatoms. The molecular weight excluding hydrogens is 221 g/mol. The van der Waals surface area contributed by atoms with Crippen molar-refractivity contribution in [2.24, 2.45) is 0 Å². The molecular formula is C13H16FNO2. The smallest absolute Gasteiger partial charge is 0.256 e. The molecule has 17 heavy (non-hydrogen) atoms. The SMILES string of the molecule is CC1OCCC1N(C)C(=O)c1ccccc1F. The monoisotopic (exact) mass is 237 g/mol. The lowest BCUT2D eigenvalue weighted by molar-refractivity contribution is 0.0571. The molecule has 1 amide bonds. The van der Waals surface area contributed by atoms with Crippen molar-refractivity contribution in [2.75, 3.05) is 13.7 Å². The van der Waals surface area contributed by atoms with Gasteiger partial charge in [-0.05, 0) is 25.5 Å². The van der Waals surface area contributed by atoms with Crippen molar-refractivity contribution in [3.05, 3.63) is 35.6 Å². The summed E-state index contributed by atoms with van der Waals surface area (Å²) < 4.78 is 18.9. The van der Waals surface area contributed by atoms with E-state index in [1.54, 1.807) is 24.1 Å². The molecule has 0 saturated carbocycles. The minimum atomic E-state index is -0.476. The van der Waals surface area contributed by atoms with Gasteiger partial charge < -0.3 is 9.64 Å². The maximum absolute atomic E-state index is 13.5. The fourth-order valence-corrected chi connectivity index (χ4v) is 2.20. The van der Waals surface area contributed by atoms with Crippen molar-refractivity contribution >= 4 is 5.91 Å². The van der Waals surface area contributed by atoms with Gasteiger partial charge in [-0.3, -0.25) is 4.79 Å². The van der Waals surface area contributed by atoms with Crippen LogP contribution in [-0.4, -0.2) is 36.6 Å². The molecule has 2 atom stereocenters. The summed E-state index contributed by atoms with van der Waals surface area (Å²) in [5.41, 5.74) is 0.120. The number of hydrogen-bond donors (Lipinski definition) is 0. The Morgan fingerprint density at radius 3 is 2.76 bits per heavy atom. The first kappa shape index (κ1) is 12.0. The van der Waals surface area contributed by atoms with Crippen LogP contribution in [0.25, 0.3) is 0 Å². The predicted molar refractivity (Wildman–Crippen MR) is 62.3 cm³/mol. The van der Waals surface area contributed by atoms with Gasteiger partial charge in [-0.15, -0.1) is 0 Å². The minimum Gasteiger partial charge on any atom is -0.376 e. The molecule has 1 fully saturated rings. The van der Waals surface area contributed by atoms with Crippen LogP contribution in [0, 0.1) is 5.82 Å². The van der Waals surface area contributed by atoms with Gasteiger partial charge in [0.1, 0.15) is 5.82 Å². The lowest BCUT2D eigenvalue weighted by atomic mass is 10.1. The van der Waals surface area contributed by atoms with Gasteiger partial charge in [0.15, 0.2) is 0 Å². The van der Waals surface area contributed by atoms with Crippen molar-refractivity contribution in [3.8, 4) is 0 Å². The van der Waals surface area contributed by atoms with E-state index in [1.807, 2.05) is 6.92 Å². The van der Waals surface area contributed by atoms with Crippen LogP contribution in [-0.2, 0) is 4.74 Å². The van der Waals surface area contributed by atoms with Crippen LogP contribution in [0.3, 0.4) is 0 Å². The summed E-state index contributed by atoms with van der Waals surface area (Å²) in [5.74, 6) is -0.763. The fraction of sp³-hybridized carbons (Fsp3) is 0.462. The first-order valence-electron chi connectivity index (χ1n) is 5.74. The summed E-state index contributed by atoms with van der Waals surface area (Å²) in [6.07, 6.45) is 0.813. The predicted octanol–water partition coefficient (Wildman–Crippen LogP) is 2.08. The van der Waals surface area contributed by atoms with E-state index in [9.17, 15) is 9.18 Å². The third-order valence-electron chi connectivity index (χ3n) is 3.26. The number of carbonyl (C=O) groups excluding carboxylic acids is 1. The molecule has 2 unspecified atom stereocenters. The lowest BCUT2D eigenvalue weighted by Crippen LogP contribution is -2.41. The zero-order chi connectivity index (χ0) is 12.4. The number of carbonyl (C=O) groups is 1. The number of nitrogens with zero attached hydrogens (tertiary/aromatic N) is 1. The molecule has 1 saturated heterocycles. The molecule has 0 bridgehead atoms. The van der Waals surface area contributed by atoms with E-state index in [2.05, 4.69) is 0 Å². The number of benzene rings is 1. The number of amides is 1. The zero-order valence-electron chi connectivity index (χ0n) is 10.0. The van der Waals surface area contributed by atoms with Crippen LogP contribution < -0.4 is 0 Å². The van der Waals surface area contributed by atoms with Crippen LogP contribution in [0.5, 0.6) is 0 Å². The largest absolute Gasteiger partial charge is 0.376 e. The average Bonchev–Trinajstić information content (AvgIpc) is 2.74. The highest BCUT2D eigenvalue weighted by Crippen LogP contribution is 2.20. The van der Waals surface area contributed by atoms with E-state index in [-0.39, 0.29) is 23.6 Å². The summed E-state index contributed by atoms with van der Waals surface area (Å²) in [4.78, 5) is 13.7. The molecule has 0 aliphatic carbocycles. The normalized spacial score (nSPS) is 23.7. The maximum Gasteiger partial charge on any atom is 0.256 e. The van der Waals surface area contributed by atoms with Gasteiger partial charge in [-0.25, -0.2) is 4.39 Å². The molecule has 1 aromatic rings. The third-order valence-corrected chi connectivity index (χ3v) is 3.26. The molecule has 0 radical (unpaired) electrons. The lowest BCUT2D eigenvalue weighted by Gasteiger charge is -2.26. The van der Waals surface area contributed by atoms with Gasteiger partial charge in [0.2, 0.25) is 0 Å². The van der Waals surface area contributed by atoms with Gasteiger partial charge in [0, 0.05) is 13.7 Å². The summed E-state index contributed by atoms with van der Waals surface area (Å²) in [5, 5.41) is 0. The van der Waals surface area contributed by atoms with E-state index in [0.29, 0.717) is 6.61 Å². The van der Waals surface area contributed by atoms with Crippen molar-refractivity contribution in [1.82, 2.24) is 4.90 Å². The van der Waals surface area contributed by atoms with Gasteiger partial charge in [0.25, 0.3) is 5.91 Å². The Hall–Kier alpha value is -1.42. The van der Waals surface area contributed by atoms with E-state index >= 15 is 0 Å². The van der Waals surface area contributed by atoms with Crippen LogP contribution >= 0.6 is 0 Å². The number of rotatable bonds is 2. The molecule has 3 nitrogen and oxygen atoms in total. The molecule has 1 aliphatic heterocycles. The Balaban J connectivity index is 2.17. The highest BCUT2D eigenvalue weighted by atomic mass is 19.1. The standard InChI is InChI=1S/C13H16FNO2/c1-9-12(7-8-17-9)15(2)13(16)10-5-3-4-6-11(10)14/h3-6,9,12H,7-8H2,1-2H3. The second-order valence-corrected chi connectivity index (χ2v) is 4.33. The quantitative estimate of drug-likeness (QED) is 0.788. The van der Waals surface area contributed by atoms with Crippen LogP contribution in [0.15, 0.2) is 24.3 Å². The Kier molecular flexibility index (Phi) is 3.43.